The third-order valence-electron chi connectivity index (χ3n) is 5.07. The highest BCUT2D eigenvalue weighted by molar-refractivity contribution is 5.95. The van der Waals surface area contributed by atoms with Crippen LogP contribution < -0.4 is 16.0 Å². The lowest BCUT2D eigenvalue weighted by molar-refractivity contribution is -0.117. The predicted octanol–water partition coefficient (Wildman–Crippen LogP) is 5.77. The molecule has 0 saturated carbocycles. The van der Waals surface area contributed by atoms with Crippen LogP contribution in [0.5, 0.6) is 0 Å². The minimum atomic E-state index is -4.53. The quantitative estimate of drug-likeness (QED) is 0.397. The van der Waals surface area contributed by atoms with Crippen LogP contribution in [0, 0.1) is 18.6 Å². The molecule has 0 aliphatic carbocycles. The van der Waals surface area contributed by atoms with Gasteiger partial charge in [-0.2, -0.15) is 13.2 Å². The number of primary amides is 1. The number of aryl methyl sites for hydroxylation is 1. The number of allylic oxidation sites excluding steroid dienone is 3. The highest BCUT2D eigenvalue weighted by Crippen LogP contribution is 2.33. The number of rotatable bonds is 5. The van der Waals surface area contributed by atoms with Crippen LogP contribution in [0.15, 0.2) is 65.4 Å². The second kappa shape index (κ2) is 12.1. The first-order chi connectivity index (χ1) is 16.9. The average molecular weight is 508 g/mol. The van der Waals surface area contributed by atoms with E-state index in [9.17, 15) is 31.5 Å². The van der Waals surface area contributed by atoms with E-state index in [0.29, 0.717) is 24.9 Å². The van der Waals surface area contributed by atoms with Crippen LogP contribution >= 0.6 is 0 Å². The number of benzene rings is 2. The molecular formula is C25H25F5N4O2. The molecular weight excluding hydrogens is 483 g/mol. The van der Waals surface area contributed by atoms with E-state index < -0.39 is 29.5 Å². The summed E-state index contributed by atoms with van der Waals surface area (Å²) in [5.74, 6) is -2.01. The van der Waals surface area contributed by atoms with Crippen LogP contribution in [-0.4, -0.2) is 30.9 Å². The fraction of sp³-hybridized carbons (Fsp3) is 0.240. The number of amides is 3. The highest BCUT2D eigenvalue weighted by atomic mass is 19.4. The largest absolute Gasteiger partial charge is 0.433 e. The fourth-order valence-corrected chi connectivity index (χ4v) is 3.38. The Morgan fingerprint density at radius 2 is 1.81 bits per heavy atom. The molecule has 1 aliphatic heterocycles. The molecule has 6 nitrogen and oxygen atoms in total. The van der Waals surface area contributed by atoms with Crippen molar-refractivity contribution in [3.63, 3.8) is 0 Å². The number of anilines is 1. The Morgan fingerprint density at radius 1 is 1.14 bits per heavy atom. The molecule has 1 aliphatic rings. The molecule has 192 valence electrons. The average Bonchev–Trinajstić information content (AvgIpc) is 3.21. The normalized spacial score (nSPS) is 14.0. The van der Waals surface area contributed by atoms with E-state index >= 15 is 0 Å². The molecule has 0 aromatic heterocycles. The number of halogens is 5. The van der Waals surface area contributed by atoms with Crippen molar-refractivity contribution >= 4 is 23.8 Å². The van der Waals surface area contributed by atoms with E-state index in [1.54, 1.807) is 18.2 Å². The molecule has 0 radical (unpaired) electrons. The Kier molecular flexibility index (Phi) is 9.48. The minimum Gasteiger partial charge on any atom is -0.351 e. The fourth-order valence-electron chi connectivity index (χ4n) is 3.38. The van der Waals surface area contributed by atoms with Gasteiger partial charge >= 0.3 is 12.2 Å². The van der Waals surface area contributed by atoms with Gasteiger partial charge in [0.05, 0.1) is 17.6 Å². The van der Waals surface area contributed by atoms with Crippen molar-refractivity contribution in [3.05, 3.63) is 77.6 Å². The molecule has 1 saturated heterocycles. The summed E-state index contributed by atoms with van der Waals surface area (Å²) in [6.07, 6.45) is -1.89. The summed E-state index contributed by atoms with van der Waals surface area (Å²) >= 11 is 0. The number of aliphatic imine (C=N–C) groups is 1. The molecule has 3 rings (SSSR count). The first-order valence-electron chi connectivity index (χ1n) is 10.7. The Labute approximate surface area is 205 Å². The summed E-state index contributed by atoms with van der Waals surface area (Å²) in [6, 6.07) is 9.37. The molecule has 11 heteroatoms. The van der Waals surface area contributed by atoms with Crippen molar-refractivity contribution < 1.29 is 31.5 Å². The van der Waals surface area contributed by atoms with Gasteiger partial charge in [-0.3, -0.25) is 4.79 Å². The van der Waals surface area contributed by atoms with Gasteiger partial charge in [0.2, 0.25) is 5.91 Å². The molecule has 0 atom stereocenters. The maximum Gasteiger partial charge on any atom is 0.433 e. The molecule has 1 heterocycles. The van der Waals surface area contributed by atoms with Crippen LogP contribution in [0.1, 0.15) is 25.3 Å². The first-order valence-corrected chi connectivity index (χ1v) is 10.7. The summed E-state index contributed by atoms with van der Waals surface area (Å²) in [7, 11) is 0. The van der Waals surface area contributed by atoms with Crippen LogP contribution in [0.3, 0.4) is 0 Å². The standard InChI is InChI=1S/C17H15F2NO.C8H10F3N3O/c1-11-5-2-3-6-12(11)13-8-9-14(17(19)16(13)18)20-10-4-7-15(20)21;1-3-6(8(9,10)11)13-4-5(2)14-7(12)15/h2-3,5-6,8-9H,4,7,10H2,1H3;3-4H,2H2,1H3,(H3,12,14,15)/b;6-3-,13-4?. The van der Waals surface area contributed by atoms with Gasteiger partial charge in [0.1, 0.15) is 5.70 Å². The Bertz CT molecular complexity index is 1210. The number of nitrogens with two attached hydrogens (primary N) is 1. The van der Waals surface area contributed by atoms with Gasteiger partial charge in [0.25, 0.3) is 0 Å². The molecule has 0 bridgehead atoms. The lowest BCUT2D eigenvalue weighted by Gasteiger charge is -2.18. The number of hydrogen-bond donors (Lipinski definition) is 2. The maximum atomic E-state index is 14.4. The van der Waals surface area contributed by atoms with E-state index in [0.717, 1.165) is 17.9 Å². The number of nitrogens with one attached hydrogen (secondary N) is 1. The van der Waals surface area contributed by atoms with Gasteiger partial charge in [-0.05, 0) is 43.5 Å². The molecule has 2 aromatic rings. The summed E-state index contributed by atoms with van der Waals surface area (Å²) in [6.45, 7) is 6.72. The van der Waals surface area contributed by atoms with Crippen molar-refractivity contribution in [1.29, 1.82) is 0 Å². The molecule has 3 N–H and O–H groups in total. The molecule has 0 unspecified atom stereocenters. The van der Waals surface area contributed by atoms with Crippen LogP contribution in [0.25, 0.3) is 11.1 Å². The number of carbonyl (C=O) groups is 2. The zero-order valence-corrected chi connectivity index (χ0v) is 19.6. The molecule has 0 spiro atoms. The van der Waals surface area contributed by atoms with Crippen molar-refractivity contribution in [1.82, 2.24) is 5.32 Å². The van der Waals surface area contributed by atoms with E-state index in [2.05, 4.69) is 11.6 Å². The van der Waals surface area contributed by atoms with E-state index in [-0.39, 0.29) is 22.9 Å². The SMILES string of the molecule is C=C(C=N/C(=C\C)C(F)(F)F)NC(N)=O.Cc1ccccc1-c1ccc(N2CCCC2=O)c(F)c1F. The number of alkyl halides is 3. The van der Waals surface area contributed by atoms with Crippen LogP contribution in [-0.2, 0) is 4.79 Å². The molecule has 3 amide bonds. The maximum absolute atomic E-state index is 14.4. The Hall–Kier alpha value is -4.02. The summed E-state index contributed by atoms with van der Waals surface area (Å²) < 4.78 is 65.1. The van der Waals surface area contributed by atoms with Crippen molar-refractivity contribution in [2.75, 3.05) is 11.4 Å². The van der Waals surface area contributed by atoms with Gasteiger partial charge in [-0.25, -0.2) is 18.6 Å². The van der Waals surface area contributed by atoms with Crippen LogP contribution in [0.4, 0.5) is 32.4 Å². The second-order valence-electron chi connectivity index (χ2n) is 7.67. The lowest BCUT2D eigenvalue weighted by Crippen LogP contribution is -2.28. The third-order valence-corrected chi connectivity index (χ3v) is 5.07. The topological polar surface area (TPSA) is 87.8 Å². The minimum absolute atomic E-state index is 0.0346. The van der Waals surface area contributed by atoms with Crippen molar-refractivity contribution in [2.24, 2.45) is 10.7 Å². The van der Waals surface area contributed by atoms with Gasteiger partial charge < -0.3 is 16.0 Å². The van der Waals surface area contributed by atoms with E-state index in [1.165, 1.54) is 17.9 Å². The van der Waals surface area contributed by atoms with E-state index in [4.69, 9.17) is 5.73 Å². The summed E-state index contributed by atoms with van der Waals surface area (Å²) in [5.41, 5.74) is 5.31. The van der Waals surface area contributed by atoms with Gasteiger partial charge in [0, 0.05) is 18.5 Å². The zero-order valence-electron chi connectivity index (χ0n) is 19.6. The third kappa shape index (κ3) is 7.24. The Balaban J connectivity index is 0.000000271. The molecule has 36 heavy (non-hydrogen) atoms. The summed E-state index contributed by atoms with van der Waals surface area (Å²) in [5, 5.41) is 1.97. The number of carbonyl (C=O) groups excluding carboxylic acids is 2. The van der Waals surface area contributed by atoms with Gasteiger partial charge in [-0.1, -0.05) is 36.9 Å². The van der Waals surface area contributed by atoms with Crippen LogP contribution in [0.2, 0.25) is 0 Å². The highest BCUT2D eigenvalue weighted by Gasteiger charge is 2.32. The lowest BCUT2D eigenvalue weighted by atomic mass is 9.99. The van der Waals surface area contributed by atoms with Crippen molar-refractivity contribution in [2.45, 2.75) is 32.9 Å². The van der Waals surface area contributed by atoms with Gasteiger partial charge in [0.15, 0.2) is 11.6 Å². The first kappa shape index (κ1) is 28.2. The molecule has 1 fully saturated rings. The Morgan fingerprint density at radius 3 is 2.33 bits per heavy atom. The summed E-state index contributed by atoms with van der Waals surface area (Å²) in [4.78, 5) is 26.4. The number of urea groups is 1. The zero-order chi connectivity index (χ0) is 27.0. The molecule has 2 aromatic carbocycles. The monoisotopic (exact) mass is 508 g/mol. The predicted molar refractivity (Wildman–Crippen MR) is 128 cm³/mol. The van der Waals surface area contributed by atoms with E-state index in [1.807, 2.05) is 24.4 Å². The number of hydrogen-bond acceptors (Lipinski definition) is 3. The number of nitrogens with zero attached hydrogens (tertiary/aromatic N) is 2. The van der Waals surface area contributed by atoms with Crippen molar-refractivity contribution in [3.8, 4) is 11.1 Å². The smallest absolute Gasteiger partial charge is 0.351 e. The van der Waals surface area contributed by atoms with Gasteiger partial charge in [-0.15, -0.1) is 0 Å². The second-order valence-corrected chi connectivity index (χ2v) is 7.67.